The Balaban J connectivity index is 2.40. The molecule has 3 N–H and O–H groups in total. The normalized spacial score (nSPS) is 37.1. The third-order valence-corrected chi connectivity index (χ3v) is 1.77. The minimum Gasteiger partial charge on any atom is -0.465 e. The average Bonchev–Trinajstić information content (AvgIpc) is 2.09. The highest BCUT2D eigenvalue weighted by molar-refractivity contribution is 5.65. The molecule has 11 heavy (non-hydrogen) atoms. The molecule has 0 aromatic carbocycles. The van der Waals surface area contributed by atoms with E-state index in [1.54, 1.807) is 0 Å². The van der Waals surface area contributed by atoms with Crippen molar-refractivity contribution < 1.29 is 19.4 Å². The van der Waals surface area contributed by atoms with Crippen molar-refractivity contribution in [2.45, 2.75) is 31.2 Å². The highest BCUT2D eigenvalue weighted by atomic mass is 19.1. The second kappa shape index (κ2) is 3.04. The quantitative estimate of drug-likeness (QED) is 0.514. The zero-order chi connectivity index (χ0) is 8.43. The fraction of sp³-hybridized carbons (Fsp3) is 0.833. The second-order valence-corrected chi connectivity index (χ2v) is 2.70. The fourth-order valence-corrected chi connectivity index (χ4v) is 1.27. The van der Waals surface area contributed by atoms with Crippen molar-refractivity contribution in [1.29, 1.82) is 0 Å². The van der Waals surface area contributed by atoms with E-state index in [2.05, 4.69) is 0 Å². The van der Waals surface area contributed by atoms with Gasteiger partial charge in [0.1, 0.15) is 6.17 Å². The standard InChI is InChI=1S/C6H10FNO3/c7-4-1-3(9)2-5(4)8-6(10)11/h3-5,8-9H,1-2H2,(H,10,11)/t3-,4-,5-/m1/s1. The summed E-state index contributed by atoms with van der Waals surface area (Å²) in [6.45, 7) is 0. The maximum absolute atomic E-state index is 12.7. The van der Waals surface area contributed by atoms with Crippen LogP contribution in [-0.2, 0) is 0 Å². The van der Waals surface area contributed by atoms with Crippen LogP contribution in [0.5, 0.6) is 0 Å². The van der Waals surface area contributed by atoms with E-state index in [1.807, 2.05) is 5.32 Å². The number of alkyl halides is 1. The summed E-state index contributed by atoms with van der Waals surface area (Å²) in [5.74, 6) is 0. The van der Waals surface area contributed by atoms with Gasteiger partial charge < -0.3 is 15.5 Å². The van der Waals surface area contributed by atoms with E-state index >= 15 is 0 Å². The van der Waals surface area contributed by atoms with Gasteiger partial charge in [-0.25, -0.2) is 9.18 Å². The van der Waals surface area contributed by atoms with Crippen LogP contribution in [0.1, 0.15) is 12.8 Å². The summed E-state index contributed by atoms with van der Waals surface area (Å²) < 4.78 is 12.7. The molecule has 0 aromatic rings. The number of halogens is 1. The number of carboxylic acid groups (broad SMARTS) is 1. The van der Waals surface area contributed by atoms with Crippen LogP contribution in [-0.4, -0.2) is 34.6 Å². The third kappa shape index (κ3) is 2.04. The first-order chi connectivity index (χ1) is 5.09. The van der Waals surface area contributed by atoms with Gasteiger partial charge in [0.25, 0.3) is 0 Å². The van der Waals surface area contributed by atoms with Crippen LogP contribution in [0.2, 0.25) is 0 Å². The lowest BCUT2D eigenvalue weighted by Crippen LogP contribution is -2.37. The molecular weight excluding hydrogens is 153 g/mol. The highest BCUT2D eigenvalue weighted by Crippen LogP contribution is 2.22. The van der Waals surface area contributed by atoms with E-state index in [0.717, 1.165) is 0 Å². The van der Waals surface area contributed by atoms with Crippen LogP contribution in [0.3, 0.4) is 0 Å². The summed E-state index contributed by atoms with van der Waals surface area (Å²) in [4.78, 5) is 10.0. The lowest BCUT2D eigenvalue weighted by atomic mass is 10.2. The zero-order valence-electron chi connectivity index (χ0n) is 5.83. The summed E-state index contributed by atoms with van der Waals surface area (Å²) in [6, 6.07) is -0.734. The molecule has 0 aliphatic heterocycles. The average molecular weight is 163 g/mol. The Kier molecular flexibility index (Phi) is 2.28. The number of nitrogens with one attached hydrogen (secondary N) is 1. The van der Waals surface area contributed by atoms with Crippen molar-refractivity contribution in [3.8, 4) is 0 Å². The number of rotatable bonds is 1. The van der Waals surface area contributed by atoms with Gasteiger partial charge >= 0.3 is 6.09 Å². The van der Waals surface area contributed by atoms with E-state index < -0.39 is 24.4 Å². The number of hydrogen-bond donors (Lipinski definition) is 3. The predicted molar refractivity (Wildman–Crippen MR) is 35.1 cm³/mol. The zero-order valence-corrected chi connectivity index (χ0v) is 5.83. The lowest BCUT2D eigenvalue weighted by molar-refractivity contribution is 0.171. The first-order valence-electron chi connectivity index (χ1n) is 3.41. The van der Waals surface area contributed by atoms with Gasteiger partial charge in [0.2, 0.25) is 0 Å². The third-order valence-electron chi connectivity index (χ3n) is 1.77. The summed E-state index contributed by atoms with van der Waals surface area (Å²) in [7, 11) is 0. The molecule has 0 spiro atoms. The van der Waals surface area contributed by atoms with Gasteiger partial charge in [-0.3, -0.25) is 0 Å². The molecule has 0 bridgehead atoms. The molecule has 0 aromatic heterocycles. The molecule has 1 rings (SSSR count). The van der Waals surface area contributed by atoms with Gasteiger partial charge in [-0.15, -0.1) is 0 Å². The number of amides is 1. The van der Waals surface area contributed by atoms with Gasteiger partial charge in [-0.05, 0) is 6.42 Å². The van der Waals surface area contributed by atoms with Gasteiger partial charge in [0.15, 0.2) is 0 Å². The first kappa shape index (κ1) is 8.26. The van der Waals surface area contributed by atoms with Crippen molar-refractivity contribution in [3.63, 3.8) is 0 Å². The minimum atomic E-state index is -1.25. The second-order valence-electron chi connectivity index (χ2n) is 2.70. The van der Waals surface area contributed by atoms with Crippen molar-refractivity contribution >= 4 is 6.09 Å². The van der Waals surface area contributed by atoms with E-state index in [-0.39, 0.29) is 12.8 Å². The summed E-state index contributed by atoms with van der Waals surface area (Å²) in [5, 5.41) is 19.1. The molecule has 1 amide bonds. The van der Waals surface area contributed by atoms with Crippen molar-refractivity contribution in [3.05, 3.63) is 0 Å². The molecule has 0 heterocycles. The smallest absolute Gasteiger partial charge is 0.404 e. The molecule has 1 aliphatic carbocycles. The molecule has 3 atom stereocenters. The molecule has 4 nitrogen and oxygen atoms in total. The Hall–Kier alpha value is -0.840. The number of aliphatic hydroxyl groups excluding tert-OH is 1. The van der Waals surface area contributed by atoms with Crippen molar-refractivity contribution in [2.75, 3.05) is 0 Å². The maximum Gasteiger partial charge on any atom is 0.404 e. The first-order valence-corrected chi connectivity index (χ1v) is 3.41. The van der Waals surface area contributed by atoms with Crippen LogP contribution < -0.4 is 5.32 Å². The molecule has 64 valence electrons. The minimum absolute atomic E-state index is 0.0327. The van der Waals surface area contributed by atoms with Gasteiger partial charge in [-0.2, -0.15) is 0 Å². The summed E-state index contributed by atoms with van der Waals surface area (Å²) in [5.41, 5.74) is 0. The largest absolute Gasteiger partial charge is 0.465 e. The molecule has 1 aliphatic rings. The predicted octanol–water partition coefficient (Wildman–Crippen LogP) is 0.115. The Morgan fingerprint density at radius 1 is 1.55 bits per heavy atom. The van der Waals surface area contributed by atoms with E-state index in [0.29, 0.717) is 0 Å². The highest BCUT2D eigenvalue weighted by Gasteiger charge is 2.34. The Bertz CT molecular complexity index is 164. The molecule has 0 saturated heterocycles. The fourth-order valence-electron chi connectivity index (χ4n) is 1.27. The van der Waals surface area contributed by atoms with Crippen LogP contribution in [0.25, 0.3) is 0 Å². The molecule has 1 fully saturated rings. The summed E-state index contributed by atoms with van der Waals surface area (Å²) in [6.07, 6.45) is -2.99. The van der Waals surface area contributed by atoms with Gasteiger partial charge in [0.05, 0.1) is 12.1 Å². The van der Waals surface area contributed by atoms with Gasteiger partial charge in [-0.1, -0.05) is 0 Å². The Labute approximate surface area is 63.0 Å². The van der Waals surface area contributed by atoms with E-state index in [4.69, 9.17) is 10.2 Å². The topological polar surface area (TPSA) is 69.6 Å². The lowest BCUT2D eigenvalue weighted by Gasteiger charge is -2.10. The van der Waals surface area contributed by atoms with Crippen LogP contribution in [0.15, 0.2) is 0 Å². The number of hydrogen-bond acceptors (Lipinski definition) is 2. The number of aliphatic hydroxyl groups is 1. The van der Waals surface area contributed by atoms with Crippen LogP contribution in [0.4, 0.5) is 9.18 Å². The molecule has 1 saturated carbocycles. The summed E-state index contributed by atoms with van der Waals surface area (Å²) >= 11 is 0. The molecular formula is C6H10FNO3. The van der Waals surface area contributed by atoms with Gasteiger partial charge in [0, 0.05) is 6.42 Å². The molecule has 5 heteroatoms. The number of carbonyl (C=O) groups is 1. The van der Waals surface area contributed by atoms with E-state index in [1.165, 1.54) is 0 Å². The van der Waals surface area contributed by atoms with Crippen LogP contribution >= 0.6 is 0 Å². The van der Waals surface area contributed by atoms with Crippen molar-refractivity contribution in [2.24, 2.45) is 0 Å². The van der Waals surface area contributed by atoms with E-state index in [9.17, 15) is 9.18 Å². The monoisotopic (exact) mass is 163 g/mol. The Morgan fingerprint density at radius 3 is 2.55 bits per heavy atom. The SMILES string of the molecule is O=C(O)N[C@@H]1C[C@H](O)C[C@H]1F. The molecule has 0 unspecified atom stereocenters. The molecule has 0 radical (unpaired) electrons. The maximum atomic E-state index is 12.7. The van der Waals surface area contributed by atoms with Crippen molar-refractivity contribution in [1.82, 2.24) is 5.32 Å². The Morgan fingerprint density at radius 2 is 2.18 bits per heavy atom. The van der Waals surface area contributed by atoms with Crippen LogP contribution in [0, 0.1) is 0 Å².